The molecule has 0 aliphatic heterocycles. The lowest BCUT2D eigenvalue weighted by Crippen LogP contribution is -2.44. The van der Waals surface area contributed by atoms with E-state index >= 15 is 0 Å². The number of carboxylic acids is 1. The standard InChI is InChI=1S/C14H19N3O4/c1-14(2,3)21-13(20)16-11(12(18)19)6-9-5-10(7-15)17(4)8-9/h5,8,11H,6H2,1-4H3,(H,16,20)(H,18,19). The number of aryl methyl sites for hydroxylation is 1. The summed E-state index contributed by atoms with van der Waals surface area (Å²) >= 11 is 0. The van der Waals surface area contributed by atoms with E-state index in [4.69, 9.17) is 10.00 Å². The van der Waals surface area contributed by atoms with E-state index in [0.29, 0.717) is 11.3 Å². The number of hydrogen-bond donors (Lipinski definition) is 2. The summed E-state index contributed by atoms with van der Waals surface area (Å²) in [5.74, 6) is -1.16. The molecule has 1 aromatic heterocycles. The Balaban J connectivity index is 2.76. The minimum Gasteiger partial charge on any atom is -0.480 e. The van der Waals surface area contributed by atoms with Gasteiger partial charge in [0, 0.05) is 19.7 Å². The maximum absolute atomic E-state index is 11.6. The SMILES string of the molecule is Cn1cc(CC(NC(=O)OC(C)(C)C)C(=O)O)cc1C#N. The number of alkyl carbamates (subject to hydrolysis) is 1. The normalized spacial score (nSPS) is 12.3. The Kier molecular flexibility index (Phi) is 4.97. The quantitative estimate of drug-likeness (QED) is 0.873. The summed E-state index contributed by atoms with van der Waals surface area (Å²) in [5, 5.41) is 20.4. The van der Waals surface area contributed by atoms with Crippen molar-refractivity contribution >= 4 is 12.1 Å². The summed E-state index contributed by atoms with van der Waals surface area (Å²) in [7, 11) is 1.69. The fraction of sp³-hybridized carbons (Fsp3) is 0.500. The molecule has 0 saturated carbocycles. The van der Waals surface area contributed by atoms with E-state index in [1.165, 1.54) is 0 Å². The average Bonchev–Trinajstić information content (AvgIpc) is 2.66. The highest BCUT2D eigenvalue weighted by atomic mass is 16.6. The first-order valence-electron chi connectivity index (χ1n) is 6.40. The van der Waals surface area contributed by atoms with Crippen LogP contribution in [0.2, 0.25) is 0 Å². The number of aromatic nitrogens is 1. The van der Waals surface area contributed by atoms with Gasteiger partial charge >= 0.3 is 12.1 Å². The van der Waals surface area contributed by atoms with Crippen LogP contribution in [0.3, 0.4) is 0 Å². The van der Waals surface area contributed by atoms with E-state index in [9.17, 15) is 14.7 Å². The number of nitriles is 1. The second-order valence-corrected chi connectivity index (χ2v) is 5.70. The maximum Gasteiger partial charge on any atom is 0.408 e. The first-order valence-corrected chi connectivity index (χ1v) is 6.40. The molecule has 1 unspecified atom stereocenters. The highest BCUT2D eigenvalue weighted by Crippen LogP contribution is 2.11. The number of ether oxygens (including phenoxy) is 1. The second kappa shape index (κ2) is 6.31. The number of amides is 1. The van der Waals surface area contributed by atoms with Crippen molar-refractivity contribution in [3.63, 3.8) is 0 Å². The number of nitrogens with one attached hydrogen (secondary N) is 1. The third-order valence-electron chi connectivity index (χ3n) is 2.61. The minimum absolute atomic E-state index is 0.0735. The topological polar surface area (TPSA) is 104 Å². The summed E-state index contributed by atoms with van der Waals surface area (Å²) in [6.07, 6.45) is 0.946. The van der Waals surface area contributed by atoms with E-state index in [-0.39, 0.29) is 6.42 Å². The number of hydrogen-bond acceptors (Lipinski definition) is 4. The molecule has 1 heterocycles. The summed E-state index contributed by atoms with van der Waals surface area (Å²) in [5.41, 5.74) is 0.373. The summed E-state index contributed by atoms with van der Waals surface area (Å²) in [4.78, 5) is 22.9. The molecular formula is C14H19N3O4. The van der Waals surface area contributed by atoms with Crippen molar-refractivity contribution in [1.82, 2.24) is 9.88 Å². The van der Waals surface area contributed by atoms with E-state index in [1.807, 2.05) is 6.07 Å². The van der Waals surface area contributed by atoms with Gasteiger partial charge in [0.15, 0.2) is 0 Å². The van der Waals surface area contributed by atoms with Gasteiger partial charge in [0.2, 0.25) is 0 Å². The zero-order chi connectivity index (χ0) is 16.2. The van der Waals surface area contributed by atoms with Crippen LogP contribution in [0.25, 0.3) is 0 Å². The van der Waals surface area contributed by atoms with Crippen molar-refractivity contribution in [1.29, 1.82) is 5.26 Å². The Morgan fingerprint density at radius 2 is 2.14 bits per heavy atom. The van der Waals surface area contributed by atoms with Gasteiger partial charge in [-0.2, -0.15) is 5.26 Å². The molecule has 0 spiro atoms. The highest BCUT2D eigenvalue weighted by Gasteiger charge is 2.24. The molecule has 2 N–H and O–H groups in total. The Bertz CT molecular complexity index is 578. The molecule has 1 amide bonds. The fourth-order valence-corrected chi connectivity index (χ4v) is 1.74. The smallest absolute Gasteiger partial charge is 0.408 e. The van der Waals surface area contributed by atoms with E-state index < -0.39 is 23.7 Å². The highest BCUT2D eigenvalue weighted by molar-refractivity contribution is 5.80. The second-order valence-electron chi connectivity index (χ2n) is 5.70. The van der Waals surface area contributed by atoms with E-state index in [2.05, 4.69) is 5.32 Å². The zero-order valence-electron chi connectivity index (χ0n) is 12.5. The van der Waals surface area contributed by atoms with E-state index in [0.717, 1.165) is 0 Å². The molecule has 0 radical (unpaired) electrons. The Morgan fingerprint density at radius 3 is 2.57 bits per heavy atom. The lowest BCUT2D eigenvalue weighted by Gasteiger charge is -2.21. The van der Waals surface area contributed by atoms with Crippen LogP contribution in [0, 0.1) is 11.3 Å². The van der Waals surface area contributed by atoms with Crippen LogP contribution in [-0.4, -0.2) is 33.4 Å². The number of carbonyl (C=O) groups excluding carboxylic acids is 1. The summed E-state index contributed by atoms with van der Waals surface area (Å²) < 4.78 is 6.63. The van der Waals surface area contributed by atoms with Gasteiger partial charge in [-0.25, -0.2) is 9.59 Å². The van der Waals surface area contributed by atoms with Crippen LogP contribution >= 0.6 is 0 Å². The Morgan fingerprint density at radius 1 is 1.52 bits per heavy atom. The molecule has 0 fully saturated rings. The lowest BCUT2D eigenvalue weighted by molar-refractivity contribution is -0.139. The molecule has 0 aromatic carbocycles. The van der Waals surface area contributed by atoms with Crippen molar-refractivity contribution in [3.05, 3.63) is 23.5 Å². The first kappa shape index (κ1) is 16.6. The van der Waals surface area contributed by atoms with Crippen molar-refractivity contribution in [2.75, 3.05) is 0 Å². The van der Waals surface area contributed by atoms with Gasteiger partial charge in [-0.05, 0) is 32.4 Å². The molecule has 114 valence electrons. The monoisotopic (exact) mass is 293 g/mol. The van der Waals surface area contributed by atoms with Crippen molar-refractivity contribution in [2.24, 2.45) is 7.05 Å². The Hall–Kier alpha value is -2.49. The molecule has 21 heavy (non-hydrogen) atoms. The van der Waals surface area contributed by atoms with Gasteiger partial charge < -0.3 is 19.7 Å². The number of rotatable bonds is 4. The number of aliphatic carboxylic acids is 1. The fourth-order valence-electron chi connectivity index (χ4n) is 1.74. The predicted octanol–water partition coefficient (Wildman–Crippen LogP) is 1.42. The number of carbonyl (C=O) groups is 2. The lowest BCUT2D eigenvalue weighted by atomic mass is 10.1. The van der Waals surface area contributed by atoms with Crippen LogP contribution in [-0.2, 0) is 23.0 Å². The van der Waals surface area contributed by atoms with Crippen LogP contribution in [0.4, 0.5) is 4.79 Å². The Labute approximate surface area is 123 Å². The van der Waals surface area contributed by atoms with Crippen LogP contribution in [0.1, 0.15) is 32.0 Å². The summed E-state index contributed by atoms with van der Waals surface area (Å²) in [6, 6.07) is 2.47. The molecule has 0 saturated heterocycles. The zero-order valence-corrected chi connectivity index (χ0v) is 12.5. The maximum atomic E-state index is 11.6. The van der Waals surface area contributed by atoms with Gasteiger partial charge in [-0.3, -0.25) is 0 Å². The number of carboxylic acid groups (broad SMARTS) is 1. The molecule has 1 aromatic rings. The third-order valence-corrected chi connectivity index (χ3v) is 2.61. The van der Waals surface area contributed by atoms with Crippen molar-refractivity contribution in [3.8, 4) is 6.07 Å². The average molecular weight is 293 g/mol. The molecular weight excluding hydrogens is 274 g/mol. The van der Waals surface area contributed by atoms with Crippen molar-refractivity contribution in [2.45, 2.75) is 38.8 Å². The first-order chi connectivity index (χ1) is 9.62. The predicted molar refractivity (Wildman–Crippen MR) is 74.6 cm³/mol. The van der Waals surface area contributed by atoms with Gasteiger partial charge in [-0.1, -0.05) is 0 Å². The molecule has 0 aliphatic carbocycles. The van der Waals surface area contributed by atoms with Crippen molar-refractivity contribution < 1.29 is 19.4 Å². The molecule has 0 bridgehead atoms. The van der Waals surface area contributed by atoms with Gasteiger partial charge in [-0.15, -0.1) is 0 Å². The summed E-state index contributed by atoms with van der Waals surface area (Å²) in [6.45, 7) is 5.08. The molecule has 0 aliphatic rings. The largest absolute Gasteiger partial charge is 0.480 e. The van der Waals surface area contributed by atoms with E-state index in [1.54, 1.807) is 44.6 Å². The number of nitrogens with zero attached hydrogens (tertiary/aromatic N) is 2. The minimum atomic E-state index is -1.16. The van der Waals surface area contributed by atoms with Crippen LogP contribution in [0.15, 0.2) is 12.3 Å². The van der Waals surface area contributed by atoms with Gasteiger partial charge in [0.1, 0.15) is 23.4 Å². The van der Waals surface area contributed by atoms with Gasteiger partial charge in [0.25, 0.3) is 0 Å². The molecule has 7 nitrogen and oxygen atoms in total. The molecule has 1 atom stereocenters. The molecule has 7 heteroatoms. The third kappa shape index (κ3) is 5.18. The van der Waals surface area contributed by atoms with Crippen LogP contribution < -0.4 is 5.32 Å². The van der Waals surface area contributed by atoms with Crippen LogP contribution in [0.5, 0.6) is 0 Å². The van der Waals surface area contributed by atoms with Gasteiger partial charge in [0.05, 0.1) is 0 Å². The molecule has 1 rings (SSSR count).